The predicted octanol–water partition coefficient (Wildman–Crippen LogP) is -1.77. The number of carbonyl (C=O) groups excluding carboxylic acids is 4. The van der Waals surface area contributed by atoms with Gasteiger partial charge in [0.05, 0.1) is 11.6 Å². The molecule has 2 amide bonds. The van der Waals surface area contributed by atoms with Crippen molar-refractivity contribution in [3.05, 3.63) is 45.9 Å². The van der Waals surface area contributed by atoms with Crippen LogP contribution in [0, 0.1) is 11.3 Å². The number of amides is 2. The number of aliphatic hydroxyl groups is 3. The van der Waals surface area contributed by atoms with E-state index in [0.717, 1.165) is 0 Å². The molecular formula is C23H26N4O9. The van der Waals surface area contributed by atoms with Crippen molar-refractivity contribution >= 4 is 29.1 Å². The molecular weight excluding hydrogens is 476 g/mol. The zero-order valence-electron chi connectivity index (χ0n) is 19.2. The average Bonchev–Trinajstić information content (AvgIpc) is 2.81. The number of methoxy groups -OCH3 is 1. The van der Waals surface area contributed by atoms with Crippen molar-refractivity contribution in [2.45, 2.75) is 24.5 Å². The fourth-order valence-electron chi connectivity index (χ4n) is 5.59. The summed E-state index contributed by atoms with van der Waals surface area (Å²) in [4.78, 5) is 51.0. The summed E-state index contributed by atoms with van der Waals surface area (Å²) in [6, 6.07) is 1.03. The van der Waals surface area contributed by atoms with Crippen molar-refractivity contribution in [1.82, 2.24) is 5.32 Å². The second kappa shape index (κ2) is 8.33. The molecule has 0 radical (unpaired) electrons. The Hall–Kier alpha value is -3.94. The normalized spacial score (nSPS) is 29.4. The van der Waals surface area contributed by atoms with Gasteiger partial charge in [-0.05, 0) is 30.5 Å². The summed E-state index contributed by atoms with van der Waals surface area (Å²) < 4.78 is 4.81. The molecule has 0 aliphatic heterocycles. The molecule has 11 N–H and O–H groups in total. The molecule has 192 valence electrons. The number of phenols is 1. The maximum Gasteiger partial charge on any atom is 0.255 e. The average molecular weight is 502 g/mol. The summed E-state index contributed by atoms with van der Waals surface area (Å²) >= 11 is 0. The highest BCUT2D eigenvalue weighted by atomic mass is 16.5. The standard InChI is InChI=1S/C23H26N4O9/c1-36-6-12(29)27-7-22-4-8-10(24)2-3-11(28)13(8)17(30)15(22)20(33)23(35)9(5-22)16(25)18(31)14(19(23)32)21(26)34/h2-3,9,16,28,31,33,35H,4-7,24-25H2,1H3,(H2,26,34)(H,27,29)/t9-,16-,22-,23+/m0/s1. The molecule has 4 atom stereocenters. The number of carbonyl (C=O) groups is 4. The van der Waals surface area contributed by atoms with E-state index in [-0.39, 0.29) is 42.8 Å². The van der Waals surface area contributed by atoms with E-state index in [1.165, 1.54) is 19.2 Å². The van der Waals surface area contributed by atoms with E-state index in [1.54, 1.807) is 0 Å². The van der Waals surface area contributed by atoms with Gasteiger partial charge >= 0.3 is 0 Å². The molecule has 0 saturated carbocycles. The highest BCUT2D eigenvalue weighted by Crippen LogP contribution is 2.57. The number of ether oxygens (including phenoxy) is 1. The number of aliphatic hydroxyl groups excluding tert-OH is 2. The maximum atomic E-state index is 13.7. The van der Waals surface area contributed by atoms with Crippen LogP contribution in [0.1, 0.15) is 22.3 Å². The molecule has 1 aromatic carbocycles. The van der Waals surface area contributed by atoms with E-state index < -0.39 is 74.8 Å². The van der Waals surface area contributed by atoms with Gasteiger partial charge in [-0.3, -0.25) is 19.2 Å². The van der Waals surface area contributed by atoms with Gasteiger partial charge in [-0.15, -0.1) is 0 Å². The van der Waals surface area contributed by atoms with Crippen molar-refractivity contribution in [1.29, 1.82) is 0 Å². The zero-order chi connectivity index (χ0) is 26.7. The first kappa shape index (κ1) is 25.2. The second-order valence-electron chi connectivity index (χ2n) is 9.30. The van der Waals surface area contributed by atoms with Gasteiger partial charge in [0.25, 0.3) is 5.91 Å². The summed E-state index contributed by atoms with van der Waals surface area (Å²) in [5.74, 6) is -8.14. The number of nitrogens with one attached hydrogen (secondary N) is 1. The number of hydrogen-bond acceptors (Lipinski definition) is 11. The fourth-order valence-corrected chi connectivity index (χ4v) is 5.59. The number of hydrogen-bond donors (Lipinski definition) is 8. The largest absolute Gasteiger partial charge is 0.510 e. The SMILES string of the molecule is COCC(=O)NC[C@@]12Cc3c(N)ccc(O)c3C(=O)C1=C(O)[C@]1(O)C(=O)C(C(N)=O)=C(O)[C@@H](N)[C@@H]1C2. The highest BCUT2D eigenvalue weighted by molar-refractivity contribution is 6.25. The molecule has 1 aromatic rings. The van der Waals surface area contributed by atoms with E-state index in [4.69, 9.17) is 21.9 Å². The third-order valence-electron chi connectivity index (χ3n) is 7.30. The minimum atomic E-state index is -2.88. The molecule has 4 rings (SSSR count). The highest BCUT2D eigenvalue weighted by Gasteiger charge is 2.65. The molecule has 0 fully saturated rings. The van der Waals surface area contributed by atoms with Crippen LogP contribution in [0.15, 0.2) is 34.8 Å². The van der Waals surface area contributed by atoms with E-state index >= 15 is 0 Å². The Labute approximate surface area is 204 Å². The number of Topliss-reactive ketones (excluding diaryl/α,β-unsaturated/α-hetero) is 2. The number of aromatic hydroxyl groups is 1. The lowest BCUT2D eigenvalue weighted by atomic mass is 9.52. The minimum Gasteiger partial charge on any atom is -0.510 e. The van der Waals surface area contributed by atoms with Crippen LogP contribution in [0.5, 0.6) is 5.75 Å². The Morgan fingerprint density at radius 3 is 2.50 bits per heavy atom. The molecule has 3 aliphatic carbocycles. The fraction of sp³-hybridized carbons (Fsp3) is 0.391. The lowest BCUT2D eigenvalue weighted by molar-refractivity contribution is -0.147. The predicted molar refractivity (Wildman–Crippen MR) is 122 cm³/mol. The number of nitrogen functional groups attached to an aromatic ring is 1. The number of benzene rings is 1. The first-order valence-electron chi connectivity index (χ1n) is 10.9. The van der Waals surface area contributed by atoms with E-state index in [0.29, 0.717) is 0 Å². The number of phenolic OH excluding ortho intramolecular Hbond substituents is 1. The molecule has 0 saturated heterocycles. The molecule has 13 nitrogen and oxygen atoms in total. The van der Waals surface area contributed by atoms with Crippen molar-refractivity contribution in [3.63, 3.8) is 0 Å². The number of nitrogens with two attached hydrogens (primary N) is 3. The van der Waals surface area contributed by atoms with Crippen LogP contribution in [-0.2, 0) is 25.5 Å². The van der Waals surface area contributed by atoms with Crippen molar-refractivity contribution < 1.29 is 44.3 Å². The lowest BCUT2D eigenvalue weighted by Gasteiger charge is -2.53. The number of anilines is 1. The number of rotatable bonds is 5. The van der Waals surface area contributed by atoms with Crippen LogP contribution >= 0.6 is 0 Å². The second-order valence-corrected chi connectivity index (χ2v) is 9.30. The van der Waals surface area contributed by atoms with Crippen LogP contribution in [-0.4, -0.2) is 75.7 Å². The smallest absolute Gasteiger partial charge is 0.255 e. The summed E-state index contributed by atoms with van der Waals surface area (Å²) in [6.45, 7) is -0.596. The summed E-state index contributed by atoms with van der Waals surface area (Å²) in [5, 5.41) is 46.4. The Bertz CT molecular complexity index is 1290. The van der Waals surface area contributed by atoms with Gasteiger partial charge in [0.15, 0.2) is 11.4 Å². The number of ketones is 2. The maximum absolute atomic E-state index is 13.7. The first-order chi connectivity index (χ1) is 16.8. The molecule has 13 heteroatoms. The van der Waals surface area contributed by atoms with Crippen LogP contribution < -0.4 is 22.5 Å². The Morgan fingerprint density at radius 2 is 1.89 bits per heavy atom. The number of fused-ring (bicyclic) bond motifs is 3. The van der Waals surface area contributed by atoms with Gasteiger partial charge in [-0.2, -0.15) is 0 Å². The molecule has 3 aliphatic rings. The minimum absolute atomic E-state index is 0.110. The molecule has 0 spiro atoms. The van der Waals surface area contributed by atoms with Crippen molar-refractivity contribution in [3.8, 4) is 5.75 Å². The van der Waals surface area contributed by atoms with Gasteiger partial charge in [-0.25, -0.2) is 0 Å². The van der Waals surface area contributed by atoms with E-state index in [1.807, 2.05) is 0 Å². The van der Waals surface area contributed by atoms with Crippen LogP contribution in [0.4, 0.5) is 5.69 Å². The molecule has 0 unspecified atom stereocenters. The summed E-state index contributed by atoms with van der Waals surface area (Å²) in [5.41, 5.74) is 11.8. The Morgan fingerprint density at radius 1 is 1.22 bits per heavy atom. The number of primary amides is 1. The molecule has 0 aromatic heterocycles. The van der Waals surface area contributed by atoms with E-state index in [9.17, 15) is 39.6 Å². The van der Waals surface area contributed by atoms with Crippen molar-refractivity contribution in [2.24, 2.45) is 22.8 Å². The summed E-state index contributed by atoms with van der Waals surface area (Å²) in [6.07, 6.45) is -0.416. The van der Waals surface area contributed by atoms with Crippen LogP contribution in [0.3, 0.4) is 0 Å². The third kappa shape index (κ3) is 3.27. The van der Waals surface area contributed by atoms with Gasteiger partial charge in [0.1, 0.15) is 29.4 Å². The van der Waals surface area contributed by atoms with Gasteiger partial charge in [-0.1, -0.05) is 0 Å². The monoisotopic (exact) mass is 502 g/mol. The van der Waals surface area contributed by atoms with Crippen LogP contribution in [0.2, 0.25) is 0 Å². The van der Waals surface area contributed by atoms with Gasteiger partial charge < -0.3 is 47.7 Å². The zero-order valence-corrected chi connectivity index (χ0v) is 19.2. The Kier molecular flexibility index (Phi) is 5.82. The molecule has 0 bridgehead atoms. The van der Waals surface area contributed by atoms with E-state index in [2.05, 4.69) is 5.32 Å². The quantitative estimate of drug-likeness (QED) is 0.127. The van der Waals surface area contributed by atoms with Gasteiger partial charge in [0, 0.05) is 36.2 Å². The Balaban J connectivity index is 1.99. The first-order valence-corrected chi connectivity index (χ1v) is 10.9. The lowest BCUT2D eigenvalue weighted by Crippen LogP contribution is -2.66. The van der Waals surface area contributed by atoms with Crippen molar-refractivity contribution in [2.75, 3.05) is 26.0 Å². The van der Waals surface area contributed by atoms with Crippen LogP contribution in [0.25, 0.3) is 0 Å². The third-order valence-corrected chi connectivity index (χ3v) is 7.30. The molecule has 0 heterocycles. The summed E-state index contributed by atoms with van der Waals surface area (Å²) in [7, 11) is 1.30. The topological polar surface area (TPSA) is 249 Å². The molecule has 36 heavy (non-hydrogen) atoms. The van der Waals surface area contributed by atoms with Gasteiger partial charge in [0.2, 0.25) is 11.7 Å².